The molecule has 112 valence electrons. The monoisotopic (exact) mass is 277 g/mol. The van der Waals surface area contributed by atoms with Crippen LogP contribution in [-0.2, 0) is 0 Å². The second-order valence-electron chi connectivity index (χ2n) is 6.13. The molecule has 1 nitrogen and oxygen atoms in total. The van der Waals surface area contributed by atoms with Crippen molar-refractivity contribution in [2.45, 2.75) is 58.4 Å². The molecule has 1 N–H and O–H groups in total. The maximum Gasteiger partial charge on any atom is 0.127 e. The fraction of sp³-hybridized carbons (Fsp3) is 0.667. The van der Waals surface area contributed by atoms with Crippen molar-refractivity contribution < 1.29 is 4.39 Å². The molecule has 0 aliphatic heterocycles. The average Bonchev–Trinajstić information content (AvgIpc) is 2.47. The lowest BCUT2D eigenvalue weighted by Gasteiger charge is -2.34. The second-order valence-corrected chi connectivity index (χ2v) is 6.13. The lowest BCUT2D eigenvalue weighted by molar-refractivity contribution is 0.213. The van der Waals surface area contributed by atoms with Gasteiger partial charge in [-0.05, 0) is 37.3 Å². The van der Waals surface area contributed by atoms with Crippen LogP contribution < -0.4 is 5.32 Å². The zero-order valence-corrected chi connectivity index (χ0v) is 12.9. The highest BCUT2D eigenvalue weighted by atomic mass is 19.1. The molecule has 1 saturated carbocycles. The van der Waals surface area contributed by atoms with E-state index in [4.69, 9.17) is 0 Å². The van der Waals surface area contributed by atoms with Crippen molar-refractivity contribution in [3.8, 4) is 0 Å². The van der Waals surface area contributed by atoms with E-state index in [1.54, 1.807) is 12.1 Å². The standard InChI is InChI=1S/C18H28FN/c1-3-7-14-10-12-15(13-11-14)18(20-4-2)16-8-5-6-9-17(16)19/h5-6,8-9,14-15,18,20H,3-4,7,10-13H2,1-2H3. The molecule has 2 heteroatoms. The van der Waals surface area contributed by atoms with Crippen molar-refractivity contribution in [1.82, 2.24) is 5.32 Å². The minimum atomic E-state index is -0.0610. The summed E-state index contributed by atoms with van der Waals surface area (Å²) in [5.74, 6) is 1.42. The third-order valence-corrected chi connectivity index (χ3v) is 4.72. The Kier molecular flexibility index (Phi) is 6.03. The van der Waals surface area contributed by atoms with Crippen LogP contribution in [0.1, 0.15) is 64.0 Å². The zero-order valence-electron chi connectivity index (χ0n) is 12.9. The number of rotatable bonds is 6. The lowest BCUT2D eigenvalue weighted by Crippen LogP contribution is -2.31. The van der Waals surface area contributed by atoms with E-state index in [0.717, 1.165) is 18.0 Å². The van der Waals surface area contributed by atoms with Gasteiger partial charge in [0, 0.05) is 11.6 Å². The van der Waals surface area contributed by atoms with Gasteiger partial charge in [0.2, 0.25) is 0 Å². The fourth-order valence-corrected chi connectivity index (χ4v) is 3.70. The molecule has 0 aromatic heterocycles. The number of benzene rings is 1. The van der Waals surface area contributed by atoms with Crippen LogP contribution in [-0.4, -0.2) is 6.54 Å². The Morgan fingerprint density at radius 1 is 1.15 bits per heavy atom. The molecule has 1 unspecified atom stereocenters. The van der Waals surface area contributed by atoms with E-state index in [9.17, 15) is 4.39 Å². The predicted molar refractivity (Wildman–Crippen MR) is 83.2 cm³/mol. The Labute approximate surface area is 123 Å². The molecule has 0 spiro atoms. The SMILES string of the molecule is CCCC1CCC(C(NCC)c2ccccc2F)CC1. The summed E-state index contributed by atoms with van der Waals surface area (Å²) in [7, 11) is 0. The molecule has 1 fully saturated rings. The third kappa shape index (κ3) is 3.82. The van der Waals surface area contributed by atoms with Crippen LogP contribution in [0, 0.1) is 17.7 Å². The molecule has 1 aliphatic rings. The Morgan fingerprint density at radius 3 is 2.45 bits per heavy atom. The highest BCUT2D eigenvalue weighted by Gasteiger charge is 2.29. The van der Waals surface area contributed by atoms with E-state index >= 15 is 0 Å². The quantitative estimate of drug-likeness (QED) is 0.764. The normalized spacial score (nSPS) is 24.6. The van der Waals surface area contributed by atoms with Gasteiger partial charge >= 0.3 is 0 Å². The van der Waals surface area contributed by atoms with E-state index in [-0.39, 0.29) is 11.9 Å². The summed E-state index contributed by atoms with van der Waals surface area (Å²) in [4.78, 5) is 0. The first-order valence-corrected chi connectivity index (χ1v) is 8.24. The van der Waals surface area contributed by atoms with Gasteiger partial charge in [-0.3, -0.25) is 0 Å². The van der Waals surface area contributed by atoms with Gasteiger partial charge in [0.05, 0.1) is 0 Å². The summed E-state index contributed by atoms with van der Waals surface area (Å²) >= 11 is 0. The molecule has 1 aromatic rings. The van der Waals surface area contributed by atoms with Crippen LogP contribution in [0.3, 0.4) is 0 Å². The van der Waals surface area contributed by atoms with Crippen LogP contribution in [0.4, 0.5) is 4.39 Å². The van der Waals surface area contributed by atoms with Gasteiger partial charge in [0.1, 0.15) is 5.82 Å². The Morgan fingerprint density at radius 2 is 1.85 bits per heavy atom. The molecule has 0 amide bonds. The molecule has 0 radical (unpaired) electrons. The van der Waals surface area contributed by atoms with E-state index in [1.807, 2.05) is 12.1 Å². The van der Waals surface area contributed by atoms with Crippen LogP contribution in [0.2, 0.25) is 0 Å². The number of hydrogen-bond acceptors (Lipinski definition) is 1. The summed E-state index contributed by atoms with van der Waals surface area (Å²) in [6, 6.07) is 7.44. The van der Waals surface area contributed by atoms with Crippen LogP contribution in [0.5, 0.6) is 0 Å². The van der Waals surface area contributed by atoms with Gasteiger partial charge in [-0.1, -0.05) is 57.7 Å². The largest absolute Gasteiger partial charge is 0.310 e. The molecular formula is C18H28FN. The van der Waals surface area contributed by atoms with Crippen molar-refractivity contribution in [3.63, 3.8) is 0 Å². The van der Waals surface area contributed by atoms with Crippen LogP contribution in [0.15, 0.2) is 24.3 Å². The average molecular weight is 277 g/mol. The highest BCUT2D eigenvalue weighted by Crippen LogP contribution is 2.38. The molecule has 0 bridgehead atoms. The maximum atomic E-state index is 14.1. The third-order valence-electron chi connectivity index (χ3n) is 4.72. The molecule has 1 aromatic carbocycles. The molecule has 20 heavy (non-hydrogen) atoms. The molecule has 0 saturated heterocycles. The molecule has 0 heterocycles. The summed E-state index contributed by atoms with van der Waals surface area (Å²) in [6.07, 6.45) is 7.74. The molecular weight excluding hydrogens is 249 g/mol. The Hall–Kier alpha value is -0.890. The maximum absolute atomic E-state index is 14.1. The van der Waals surface area contributed by atoms with Crippen molar-refractivity contribution in [3.05, 3.63) is 35.6 Å². The number of halogens is 1. The van der Waals surface area contributed by atoms with Crippen LogP contribution >= 0.6 is 0 Å². The second kappa shape index (κ2) is 7.78. The smallest absolute Gasteiger partial charge is 0.127 e. The fourth-order valence-electron chi connectivity index (χ4n) is 3.70. The van der Waals surface area contributed by atoms with Gasteiger partial charge < -0.3 is 5.32 Å². The first-order chi connectivity index (χ1) is 9.76. The number of hydrogen-bond donors (Lipinski definition) is 1. The van der Waals surface area contributed by atoms with Crippen LogP contribution in [0.25, 0.3) is 0 Å². The minimum Gasteiger partial charge on any atom is -0.310 e. The van der Waals surface area contributed by atoms with Gasteiger partial charge in [-0.25, -0.2) is 4.39 Å². The van der Waals surface area contributed by atoms with E-state index in [0.29, 0.717) is 5.92 Å². The van der Waals surface area contributed by atoms with Crippen molar-refractivity contribution in [2.75, 3.05) is 6.54 Å². The summed E-state index contributed by atoms with van der Waals surface area (Å²) in [6.45, 7) is 5.28. The first-order valence-electron chi connectivity index (χ1n) is 8.24. The van der Waals surface area contributed by atoms with Crippen molar-refractivity contribution in [1.29, 1.82) is 0 Å². The Bertz CT molecular complexity index is 396. The number of nitrogens with one attached hydrogen (secondary N) is 1. The molecule has 1 aliphatic carbocycles. The van der Waals surface area contributed by atoms with Gasteiger partial charge in [-0.2, -0.15) is 0 Å². The topological polar surface area (TPSA) is 12.0 Å². The van der Waals surface area contributed by atoms with Crippen molar-refractivity contribution >= 4 is 0 Å². The van der Waals surface area contributed by atoms with E-state index in [1.165, 1.54) is 38.5 Å². The van der Waals surface area contributed by atoms with Gasteiger partial charge in [0.25, 0.3) is 0 Å². The predicted octanol–water partition coefficient (Wildman–Crippen LogP) is 5.08. The van der Waals surface area contributed by atoms with Gasteiger partial charge in [0.15, 0.2) is 0 Å². The first kappa shape index (κ1) is 15.5. The van der Waals surface area contributed by atoms with E-state index in [2.05, 4.69) is 19.2 Å². The van der Waals surface area contributed by atoms with Crippen molar-refractivity contribution in [2.24, 2.45) is 11.8 Å². The highest BCUT2D eigenvalue weighted by molar-refractivity contribution is 5.22. The Balaban J connectivity index is 2.05. The zero-order chi connectivity index (χ0) is 14.4. The van der Waals surface area contributed by atoms with E-state index < -0.39 is 0 Å². The summed E-state index contributed by atoms with van der Waals surface area (Å²) < 4.78 is 14.1. The summed E-state index contributed by atoms with van der Waals surface area (Å²) in [5, 5.41) is 3.52. The summed E-state index contributed by atoms with van der Waals surface area (Å²) in [5.41, 5.74) is 0.855. The minimum absolute atomic E-state index is 0.0610. The molecule has 2 rings (SSSR count). The lowest BCUT2D eigenvalue weighted by atomic mass is 9.75. The van der Waals surface area contributed by atoms with Gasteiger partial charge in [-0.15, -0.1) is 0 Å². The molecule has 1 atom stereocenters.